The maximum atomic E-state index is 7.32. The van der Waals surface area contributed by atoms with E-state index in [1.165, 1.54) is 45.4 Å². The zero-order chi connectivity index (χ0) is 8.95. The van der Waals surface area contributed by atoms with Crippen molar-refractivity contribution in [3.8, 4) is 6.07 Å². The highest BCUT2D eigenvalue weighted by molar-refractivity contribution is 4.51. The van der Waals surface area contributed by atoms with Gasteiger partial charge in [0.05, 0.1) is 6.07 Å². The summed E-state index contributed by atoms with van der Waals surface area (Å²) in [6, 6.07) is 1.75. The molecule has 0 rings (SSSR count). The van der Waals surface area contributed by atoms with Gasteiger partial charge >= 0.3 is 0 Å². The van der Waals surface area contributed by atoms with Gasteiger partial charge in [-0.3, -0.25) is 0 Å². The molecule has 0 heterocycles. The summed E-state index contributed by atoms with van der Waals surface area (Å²) >= 11 is 0. The molecule has 0 unspecified atom stereocenters. The van der Waals surface area contributed by atoms with E-state index >= 15 is 0 Å². The van der Waals surface area contributed by atoms with Gasteiger partial charge in [0.25, 0.3) is 0 Å². The van der Waals surface area contributed by atoms with Crippen molar-refractivity contribution < 1.29 is 0 Å². The first kappa shape index (κ1) is 13.1. The molecule has 0 amide bonds. The van der Waals surface area contributed by atoms with Crippen LogP contribution in [0.4, 0.5) is 0 Å². The Hall–Kier alpha value is -0.510. The van der Waals surface area contributed by atoms with Crippen LogP contribution in [0.2, 0.25) is 0 Å². The third-order valence-corrected chi connectivity index (χ3v) is 1.46. The molecule has 1 nitrogen and oxygen atoms in total. The third kappa shape index (κ3) is 26.4. The summed E-state index contributed by atoms with van der Waals surface area (Å²) in [5.74, 6) is 0. The standard InChI is InChI=1S/C8H18.C2H3N/c1-3-5-7-8-6-4-2;1-2-3/h3-8H2,1-2H3;1H3. The van der Waals surface area contributed by atoms with E-state index < -0.39 is 0 Å². The predicted octanol–water partition coefficient (Wildman–Crippen LogP) is 3.90. The van der Waals surface area contributed by atoms with Crippen LogP contribution in [0.15, 0.2) is 0 Å². The molecular weight excluding hydrogens is 134 g/mol. The average molecular weight is 155 g/mol. The second kappa shape index (κ2) is 16.2. The molecule has 0 fully saturated rings. The maximum absolute atomic E-state index is 7.32. The van der Waals surface area contributed by atoms with Crippen LogP contribution in [-0.4, -0.2) is 0 Å². The summed E-state index contributed by atoms with van der Waals surface area (Å²) < 4.78 is 0. The van der Waals surface area contributed by atoms with Crippen molar-refractivity contribution in [2.45, 2.75) is 59.3 Å². The molecule has 66 valence electrons. The van der Waals surface area contributed by atoms with E-state index in [4.69, 9.17) is 5.26 Å². The smallest absolute Gasteiger partial charge is 0.0587 e. The summed E-state index contributed by atoms with van der Waals surface area (Å²) in [5.41, 5.74) is 0. The van der Waals surface area contributed by atoms with E-state index in [-0.39, 0.29) is 0 Å². The molecule has 0 aromatic rings. The zero-order valence-corrected chi connectivity index (χ0v) is 8.19. The Morgan fingerprint density at radius 2 is 1.18 bits per heavy atom. The van der Waals surface area contributed by atoms with Gasteiger partial charge in [-0.15, -0.1) is 0 Å². The molecule has 1 heteroatoms. The number of nitrogens with zero attached hydrogens (tertiary/aromatic N) is 1. The largest absolute Gasteiger partial charge is 0.199 e. The molecule has 0 saturated carbocycles. The fourth-order valence-electron chi connectivity index (χ4n) is 0.854. The van der Waals surface area contributed by atoms with Crippen molar-refractivity contribution in [1.82, 2.24) is 0 Å². The Bertz CT molecular complexity index is 75.4. The lowest BCUT2D eigenvalue weighted by molar-refractivity contribution is 0.624. The fraction of sp³-hybridized carbons (Fsp3) is 0.900. The van der Waals surface area contributed by atoms with Crippen LogP contribution in [0.5, 0.6) is 0 Å². The molecule has 0 bridgehead atoms. The van der Waals surface area contributed by atoms with Crippen LogP contribution in [0.3, 0.4) is 0 Å². The van der Waals surface area contributed by atoms with Crippen molar-refractivity contribution in [1.29, 1.82) is 5.26 Å². The zero-order valence-electron chi connectivity index (χ0n) is 8.19. The Balaban J connectivity index is 0. The number of nitriles is 1. The van der Waals surface area contributed by atoms with Crippen molar-refractivity contribution in [2.24, 2.45) is 0 Å². The molecule has 0 aliphatic carbocycles. The lowest BCUT2D eigenvalue weighted by atomic mass is 10.1. The molecule has 0 spiro atoms. The Morgan fingerprint density at radius 1 is 0.909 bits per heavy atom. The number of rotatable bonds is 5. The maximum Gasteiger partial charge on any atom is 0.0587 e. The lowest BCUT2D eigenvalue weighted by Crippen LogP contribution is -1.73. The summed E-state index contributed by atoms with van der Waals surface area (Å²) in [4.78, 5) is 0. The average Bonchev–Trinajstić information content (AvgIpc) is 2.00. The molecule has 0 atom stereocenters. The van der Waals surface area contributed by atoms with E-state index in [0.29, 0.717) is 0 Å². The Labute approximate surface area is 71.4 Å². The number of hydrogen-bond donors (Lipinski definition) is 0. The van der Waals surface area contributed by atoms with Crippen LogP contribution < -0.4 is 0 Å². The summed E-state index contributed by atoms with van der Waals surface area (Å²) in [6.45, 7) is 5.94. The molecule has 0 aromatic carbocycles. The van der Waals surface area contributed by atoms with E-state index in [1.807, 2.05) is 0 Å². The van der Waals surface area contributed by atoms with Gasteiger partial charge in [-0.05, 0) is 0 Å². The normalized spacial score (nSPS) is 7.82. The first-order valence-corrected chi connectivity index (χ1v) is 4.64. The molecule has 0 saturated heterocycles. The van der Waals surface area contributed by atoms with Crippen molar-refractivity contribution in [3.05, 3.63) is 0 Å². The van der Waals surface area contributed by atoms with Gasteiger partial charge in [0.15, 0.2) is 0 Å². The number of unbranched alkanes of at least 4 members (excludes halogenated alkanes) is 5. The highest BCUT2D eigenvalue weighted by atomic mass is 14.2. The Kier molecular flexibility index (Phi) is 19.4. The minimum absolute atomic E-state index is 1.36. The third-order valence-electron chi connectivity index (χ3n) is 1.46. The first-order chi connectivity index (χ1) is 5.33. The fourth-order valence-corrected chi connectivity index (χ4v) is 0.854. The number of hydrogen-bond acceptors (Lipinski definition) is 1. The second-order valence-corrected chi connectivity index (χ2v) is 2.64. The SMILES string of the molecule is CC#N.CCCCCCCC. The topological polar surface area (TPSA) is 23.8 Å². The van der Waals surface area contributed by atoms with Gasteiger partial charge in [0.1, 0.15) is 0 Å². The van der Waals surface area contributed by atoms with Gasteiger partial charge in [-0.2, -0.15) is 5.26 Å². The molecule has 0 aromatic heterocycles. The summed E-state index contributed by atoms with van der Waals surface area (Å²) in [6.07, 6.45) is 8.49. The van der Waals surface area contributed by atoms with Crippen LogP contribution in [0, 0.1) is 11.3 Å². The quantitative estimate of drug-likeness (QED) is 0.552. The van der Waals surface area contributed by atoms with E-state index in [2.05, 4.69) is 13.8 Å². The van der Waals surface area contributed by atoms with Crippen LogP contribution >= 0.6 is 0 Å². The van der Waals surface area contributed by atoms with Crippen molar-refractivity contribution in [3.63, 3.8) is 0 Å². The van der Waals surface area contributed by atoms with Gasteiger partial charge in [0, 0.05) is 6.92 Å². The molecule has 0 N–H and O–H groups in total. The van der Waals surface area contributed by atoms with E-state index in [1.54, 1.807) is 6.07 Å². The monoisotopic (exact) mass is 155 g/mol. The summed E-state index contributed by atoms with van der Waals surface area (Å²) in [5, 5.41) is 7.32. The van der Waals surface area contributed by atoms with Crippen molar-refractivity contribution in [2.75, 3.05) is 0 Å². The van der Waals surface area contributed by atoms with Crippen LogP contribution in [0.1, 0.15) is 59.3 Å². The van der Waals surface area contributed by atoms with Gasteiger partial charge < -0.3 is 0 Å². The van der Waals surface area contributed by atoms with E-state index in [0.717, 1.165) is 0 Å². The molecule has 0 radical (unpaired) electrons. The van der Waals surface area contributed by atoms with E-state index in [9.17, 15) is 0 Å². The first-order valence-electron chi connectivity index (χ1n) is 4.64. The second-order valence-electron chi connectivity index (χ2n) is 2.64. The molecular formula is C10H21N. The minimum Gasteiger partial charge on any atom is -0.199 e. The van der Waals surface area contributed by atoms with Gasteiger partial charge in [-0.1, -0.05) is 52.4 Å². The van der Waals surface area contributed by atoms with Crippen molar-refractivity contribution >= 4 is 0 Å². The molecule has 11 heavy (non-hydrogen) atoms. The summed E-state index contributed by atoms with van der Waals surface area (Å²) in [7, 11) is 0. The molecule has 0 aliphatic rings. The minimum atomic E-state index is 1.36. The highest BCUT2D eigenvalue weighted by Gasteiger charge is 1.83. The predicted molar refractivity (Wildman–Crippen MR) is 50.3 cm³/mol. The Morgan fingerprint density at radius 3 is 1.36 bits per heavy atom. The van der Waals surface area contributed by atoms with Gasteiger partial charge in [-0.25, -0.2) is 0 Å². The van der Waals surface area contributed by atoms with Gasteiger partial charge in [0.2, 0.25) is 0 Å². The highest BCUT2D eigenvalue weighted by Crippen LogP contribution is 2.03. The molecule has 0 aliphatic heterocycles. The van der Waals surface area contributed by atoms with Crippen LogP contribution in [0.25, 0.3) is 0 Å². The lowest BCUT2D eigenvalue weighted by Gasteiger charge is -1.93. The van der Waals surface area contributed by atoms with Crippen LogP contribution in [-0.2, 0) is 0 Å².